The Kier molecular flexibility index (Phi) is 4.16. The molecule has 2 aromatic rings. The van der Waals surface area contributed by atoms with E-state index in [-0.39, 0.29) is 17.4 Å². The number of hydrogen-bond donors (Lipinski definition) is 0. The molecule has 0 bridgehead atoms. The maximum atomic E-state index is 13.6. The number of Topliss-reactive ketones (excluding diaryl/α,β-unsaturated/α-hetero) is 1. The third-order valence-corrected chi connectivity index (χ3v) is 6.63. The summed E-state index contributed by atoms with van der Waals surface area (Å²) in [5, 5.41) is 32.0. The van der Waals surface area contributed by atoms with Crippen LogP contribution in [0.15, 0.2) is 54.6 Å². The number of para-hydroxylation sites is 1. The Bertz CT molecular complexity index is 1200. The molecule has 0 N–H and O–H groups in total. The van der Waals surface area contributed by atoms with Crippen molar-refractivity contribution in [1.82, 2.24) is 0 Å². The first kappa shape index (κ1) is 19.0. The summed E-state index contributed by atoms with van der Waals surface area (Å²) in [4.78, 5) is 26.4. The molecule has 31 heavy (non-hydrogen) atoms. The van der Waals surface area contributed by atoms with Gasteiger partial charge in [0.2, 0.25) is 0 Å². The van der Waals surface area contributed by atoms with Crippen LogP contribution in [-0.2, 0) is 4.79 Å². The zero-order valence-electron chi connectivity index (χ0n) is 16.5. The number of rotatable bonds is 4. The van der Waals surface area contributed by atoms with E-state index in [9.17, 15) is 25.4 Å². The number of carbonyl (C=O) groups excluding carboxylic acids is 1. The summed E-state index contributed by atoms with van der Waals surface area (Å²) in [5.74, 6) is -0.909. The molecule has 0 unspecified atom stereocenters. The fourth-order valence-corrected chi connectivity index (χ4v) is 5.07. The Morgan fingerprint density at radius 1 is 1.13 bits per heavy atom. The number of nitro benzene ring substituents is 1. The average Bonchev–Trinajstić information content (AvgIpc) is 3.60. The summed E-state index contributed by atoms with van der Waals surface area (Å²) >= 11 is 0. The van der Waals surface area contributed by atoms with Crippen molar-refractivity contribution in [3.8, 4) is 12.1 Å². The molecule has 1 saturated heterocycles. The van der Waals surface area contributed by atoms with Crippen molar-refractivity contribution >= 4 is 23.2 Å². The molecule has 2 aliphatic heterocycles. The topological polar surface area (TPSA) is 111 Å². The van der Waals surface area contributed by atoms with Gasteiger partial charge in [-0.3, -0.25) is 14.9 Å². The van der Waals surface area contributed by atoms with Crippen LogP contribution in [0.25, 0.3) is 6.08 Å². The van der Waals surface area contributed by atoms with Crippen molar-refractivity contribution in [2.75, 3.05) is 4.90 Å². The van der Waals surface area contributed by atoms with E-state index in [1.165, 1.54) is 12.1 Å². The van der Waals surface area contributed by atoms with Gasteiger partial charge in [0.05, 0.1) is 29.1 Å². The predicted octanol–water partition coefficient (Wildman–Crippen LogP) is 3.98. The van der Waals surface area contributed by atoms with Crippen molar-refractivity contribution < 1.29 is 9.72 Å². The summed E-state index contributed by atoms with van der Waals surface area (Å²) in [6, 6.07) is 16.7. The van der Waals surface area contributed by atoms with Gasteiger partial charge in [0, 0.05) is 29.7 Å². The highest BCUT2D eigenvalue weighted by atomic mass is 16.6. The van der Waals surface area contributed by atoms with E-state index >= 15 is 0 Å². The highest BCUT2D eigenvalue weighted by molar-refractivity contribution is 5.95. The normalized spacial score (nSPS) is 25.1. The zero-order valence-corrected chi connectivity index (χ0v) is 16.5. The van der Waals surface area contributed by atoms with Crippen LogP contribution >= 0.6 is 0 Å². The molecule has 3 aliphatic rings. The first-order valence-electron chi connectivity index (χ1n) is 10.2. The second-order valence-corrected chi connectivity index (χ2v) is 8.31. The van der Waals surface area contributed by atoms with Crippen LogP contribution in [0.3, 0.4) is 0 Å². The van der Waals surface area contributed by atoms with Crippen LogP contribution in [0.1, 0.15) is 29.9 Å². The second kappa shape index (κ2) is 6.78. The molecule has 0 spiro atoms. The monoisotopic (exact) mass is 410 g/mol. The second-order valence-electron chi connectivity index (χ2n) is 8.31. The fraction of sp³-hybridized carbons (Fsp3) is 0.292. The Hall–Kier alpha value is -3.97. The Morgan fingerprint density at radius 2 is 1.87 bits per heavy atom. The molecule has 0 aromatic heterocycles. The number of carbonyl (C=O) groups is 1. The van der Waals surface area contributed by atoms with E-state index < -0.39 is 28.3 Å². The van der Waals surface area contributed by atoms with Crippen LogP contribution < -0.4 is 4.90 Å². The van der Waals surface area contributed by atoms with Crippen molar-refractivity contribution in [3.63, 3.8) is 0 Å². The quantitative estimate of drug-likeness (QED) is 0.557. The van der Waals surface area contributed by atoms with Gasteiger partial charge in [0.25, 0.3) is 5.69 Å². The molecular formula is C24H18N4O3. The van der Waals surface area contributed by atoms with Crippen LogP contribution in [0.2, 0.25) is 0 Å². The van der Waals surface area contributed by atoms with E-state index in [0.29, 0.717) is 5.56 Å². The van der Waals surface area contributed by atoms with Crippen LogP contribution in [0.5, 0.6) is 0 Å². The Labute approximate surface area is 179 Å². The van der Waals surface area contributed by atoms with Crippen LogP contribution in [0.4, 0.5) is 11.4 Å². The molecule has 5 rings (SSSR count). The van der Waals surface area contributed by atoms with Crippen LogP contribution in [0, 0.1) is 44.1 Å². The van der Waals surface area contributed by atoms with Gasteiger partial charge >= 0.3 is 0 Å². The van der Waals surface area contributed by atoms with E-state index in [1.807, 2.05) is 41.3 Å². The molecule has 7 nitrogen and oxygen atoms in total. The van der Waals surface area contributed by atoms with E-state index in [4.69, 9.17) is 0 Å². The van der Waals surface area contributed by atoms with Gasteiger partial charge in [-0.2, -0.15) is 10.5 Å². The number of ketones is 1. The molecule has 3 atom stereocenters. The molecule has 0 radical (unpaired) electrons. The van der Waals surface area contributed by atoms with Crippen molar-refractivity contribution in [2.24, 2.45) is 11.3 Å². The number of non-ortho nitro benzene ring substituents is 1. The Morgan fingerprint density at radius 3 is 2.55 bits per heavy atom. The minimum absolute atomic E-state index is 0.000941. The number of nitro groups is 1. The van der Waals surface area contributed by atoms with Crippen molar-refractivity contribution in [1.29, 1.82) is 10.5 Å². The van der Waals surface area contributed by atoms with E-state index in [1.54, 1.807) is 12.1 Å². The highest BCUT2D eigenvalue weighted by Crippen LogP contribution is 2.56. The Balaban J connectivity index is 1.77. The number of anilines is 1. The SMILES string of the molecule is N#CC1(C#N)[C@H](c2cccc([N+](=O)[O-])c2)[C@H](C(=O)C2CC2)N2c3ccccc3C=C[C@@H]21. The van der Waals surface area contributed by atoms with E-state index in [0.717, 1.165) is 24.1 Å². The van der Waals surface area contributed by atoms with Gasteiger partial charge in [-0.25, -0.2) is 0 Å². The average molecular weight is 410 g/mol. The molecular weight excluding hydrogens is 392 g/mol. The molecule has 2 fully saturated rings. The molecule has 7 heteroatoms. The third-order valence-electron chi connectivity index (χ3n) is 6.63. The van der Waals surface area contributed by atoms with Crippen LogP contribution in [-0.4, -0.2) is 22.8 Å². The van der Waals surface area contributed by atoms with Gasteiger partial charge < -0.3 is 4.90 Å². The van der Waals surface area contributed by atoms with Gasteiger partial charge in [-0.1, -0.05) is 42.5 Å². The number of fused-ring (bicyclic) bond motifs is 3. The van der Waals surface area contributed by atoms with Gasteiger partial charge in [-0.15, -0.1) is 0 Å². The summed E-state index contributed by atoms with van der Waals surface area (Å²) in [5.41, 5.74) is 0.500. The van der Waals surface area contributed by atoms with Gasteiger partial charge in [0.15, 0.2) is 11.2 Å². The molecule has 2 aromatic carbocycles. The fourth-order valence-electron chi connectivity index (χ4n) is 5.07. The van der Waals surface area contributed by atoms with E-state index in [2.05, 4.69) is 12.1 Å². The lowest BCUT2D eigenvalue weighted by Crippen LogP contribution is -2.44. The number of nitriles is 2. The minimum Gasteiger partial charge on any atom is -0.351 e. The number of benzene rings is 2. The van der Waals surface area contributed by atoms with Gasteiger partial charge in [-0.05, 0) is 30.0 Å². The summed E-state index contributed by atoms with van der Waals surface area (Å²) in [7, 11) is 0. The summed E-state index contributed by atoms with van der Waals surface area (Å²) in [6.07, 6.45) is 5.28. The van der Waals surface area contributed by atoms with Gasteiger partial charge in [0.1, 0.15) is 0 Å². The first-order chi connectivity index (χ1) is 15.0. The number of nitrogens with zero attached hydrogens (tertiary/aromatic N) is 4. The highest BCUT2D eigenvalue weighted by Gasteiger charge is 2.64. The van der Waals surface area contributed by atoms with Crippen molar-refractivity contribution in [3.05, 3.63) is 75.8 Å². The maximum absolute atomic E-state index is 13.6. The standard InChI is InChI=1S/C24H18N4O3/c25-13-24(14-26)20-11-10-15-4-1-2-7-19(15)27(20)22(23(29)16-8-9-16)21(24)17-5-3-6-18(12-17)28(30)31/h1-7,10-12,16,20-22H,8-9H2/t20-,21-,22-/m1/s1. The smallest absolute Gasteiger partial charge is 0.269 e. The summed E-state index contributed by atoms with van der Waals surface area (Å²) < 4.78 is 0. The van der Waals surface area contributed by atoms with Crippen molar-refractivity contribution in [2.45, 2.75) is 30.8 Å². The molecule has 1 saturated carbocycles. The molecule has 1 aliphatic carbocycles. The predicted molar refractivity (Wildman–Crippen MR) is 113 cm³/mol. The summed E-state index contributed by atoms with van der Waals surface area (Å²) in [6.45, 7) is 0. The molecule has 2 heterocycles. The lowest BCUT2D eigenvalue weighted by atomic mass is 9.69. The molecule has 152 valence electrons. The maximum Gasteiger partial charge on any atom is 0.269 e. The zero-order chi connectivity index (χ0) is 21.8. The largest absolute Gasteiger partial charge is 0.351 e. The lowest BCUT2D eigenvalue weighted by Gasteiger charge is -2.35. The lowest BCUT2D eigenvalue weighted by molar-refractivity contribution is -0.384. The first-order valence-corrected chi connectivity index (χ1v) is 10.2. The number of hydrogen-bond acceptors (Lipinski definition) is 6. The molecule has 0 amide bonds. The minimum atomic E-state index is -1.56. The third kappa shape index (κ3) is 2.67.